The van der Waals surface area contributed by atoms with Gasteiger partial charge in [-0.25, -0.2) is 14.5 Å². The largest absolute Gasteiger partial charge is 0.381 e. The smallest absolute Gasteiger partial charge is 0.267 e. The van der Waals surface area contributed by atoms with Crippen LogP contribution in [0.4, 0.5) is 5.82 Å². The van der Waals surface area contributed by atoms with Crippen molar-refractivity contribution in [2.24, 2.45) is 0 Å². The van der Waals surface area contributed by atoms with E-state index in [1.807, 2.05) is 18.2 Å². The minimum Gasteiger partial charge on any atom is -0.381 e. The Kier molecular flexibility index (Phi) is 6.14. The van der Waals surface area contributed by atoms with Crippen LogP contribution in [0, 0.1) is 11.8 Å². The maximum absolute atomic E-state index is 14.0. The van der Waals surface area contributed by atoms with Gasteiger partial charge in [0.2, 0.25) is 0 Å². The van der Waals surface area contributed by atoms with Gasteiger partial charge in [0.1, 0.15) is 17.0 Å². The van der Waals surface area contributed by atoms with Crippen molar-refractivity contribution < 1.29 is 9.90 Å². The van der Waals surface area contributed by atoms with Crippen LogP contribution in [0.3, 0.4) is 0 Å². The molecule has 38 heavy (non-hydrogen) atoms. The summed E-state index contributed by atoms with van der Waals surface area (Å²) in [6.07, 6.45) is 3.20. The topological polar surface area (TPSA) is 140 Å². The molecule has 1 amide bonds. The number of nitrogens with zero attached hydrogens (tertiary/aromatic N) is 5. The van der Waals surface area contributed by atoms with Crippen molar-refractivity contribution >= 4 is 28.3 Å². The number of nitrogen functional groups attached to an aromatic ring is 1. The Balaban J connectivity index is 1.66. The van der Waals surface area contributed by atoms with Gasteiger partial charge in [0.05, 0.1) is 22.6 Å². The molecule has 0 radical (unpaired) electrons. The molecule has 0 aliphatic carbocycles. The van der Waals surface area contributed by atoms with E-state index >= 15 is 0 Å². The molecule has 3 aromatic heterocycles. The van der Waals surface area contributed by atoms with Crippen molar-refractivity contribution in [2.45, 2.75) is 32.4 Å². The van der Waals surface area contributed by atoms with Gasteiger partial charge in [0.15, 0.2) is 11.5 Å². The van der Waals surface area contributed by atoms with Crippen molar-refractivity contribution in [3.8, 4) is 17.5 Å². The molecule has 0 saturated heterocycles. The molecule has 4 N–H and O–H groups in total. The van der Waals surface area contributed by atoms with E-state index in [-0.39, 0.29) is 16.9 Å². The van der Waals surface area contributed by atoms with Crippen LogP contribution >= 0.6 is 0 Å². The molecule has 10 heteroatoms. The zero-order chi connectivity index (χ0) is 27.0. The fourth-order valence-electron chi connectivity index (χ4n) is 4.14. The Bertz CT molecular complexity index is 1810. The van der Waals surface area contributed by atoms with Crippen LogP contribution in [0.5, 0.6) is 0 Å². The number of rotatable bonds is 4. The maximum Gasteiger partial charge on any atom is 0.267 e. The van der Waals surface area contributed by atoms with E-state index in [0.29, 0.717) is 33.6 Å². The van der Waals surface area contributed by atoms with Crippen molar-refractivity contribution in [1.29, 1.82) is 0 Å². The standard InChI is InChI=1S/C28H25N7O3/c1-17(31-26(36)22-23(29)33-34-16-8-15-30-25(22)34)24-32-20-12-7-9-18(13-14-28(2,3)38)21(20)27(37)35(24)19-10-5-4-6-11-19/h4-12,15-17,38H,1-3H3,(H2,29,33)(H,31,36)/t17-/m0/s1. The summed E-state index contributed by atoms with van der Waals surface area (Å²) >= 11 is 0. The number of anilines is 1. The number of aromatic nitrogens is 5. The van der Waals surface area contributed by atoms with Gasteiger partial charge in [-0.1, -0.05) is 36.1 Å². The molecule has 0 aliphatic rings. The highest BCUT2D eigenvalue weighted by molar-refractivity contribution is 6.04. The van der Waals surface area contributed by atoms with Gasteiger partial charge in [-0.2, -0.15) is 0 Å². The number of aliphatic hydroxyl groups is 1. The van der Waals surface area contributed by atoms with Crippen molar-refractivity contribution in [3.63, 3.8) is 0 Å². The number of amides is 1. The second kappa shape index (κ2) is 9.46. The van der Waals surface area contributed by atoms with E-state index in [1.54, 1.807) is 69.6 Å². The summed E-state index contributed by atoms with van der Waals surface area (Å²) < 4.78 is 2.89. The molecule has 2 aromatic carbocycles. The Labute approximate surface area is 217 Å². The van der Waals surface area contributed by atoms with Crippen molar-refractivity contribution in [2.75, 3.05) is 5.73 Å². The van der Waals surface area contributed by atoms with Crippen LogP contribution in [0.1, 0.15) is 48.6 Å². The van der Waals surface area contributed by atoms with E-state index in [4.69, 9.17) is 10.7 Å². The van der Waals surface area contributed by atoms with Crippen LogP contribution < -0.4 is 16.6 Å². The average Bonchev–Trinajstić information content (AvgIpc) is 3.23. The summed E-state index contributed by atoms with van der Waals surface area (Å²) in [5, 5.41) is 17.4. The zero-order valence-corrected chi connectivity index (χ0v) is 21.0. The molecular weight excluding hydrogens is 482 g/mol. The Hall–Kier alpha value is -5.01. The highest BCUT2D eigenvalue weighted by Crippen LogP contribution is 2.22. The lowest BCUT2D eigenvalue weighted by Crippen LogP contribution is -2.33. The highest BCUT2D eigenvalue weighted by atomic mass is 16.3. The summed E-state index contributed by atoms with van der Waals surface area (Å²) in [6.45, 7) is 4.87. The molecule has 0 spiro atoms. The number of carbonyl (C=O) groups excluding carboxylic acids is 1. The molecular formula is C28H25N7O3. The molecule has 190 valence electrons. The predicted molar refractivity (Wildman–Crippen MR) is 144 cm³/mol. The summed E-state index contributed by atoms with van der Waals surface area (Å²) in [6, 6.07) is 15.2. The first-order chi connectivity index (χ1) is 18.1. The van der Waals surface area contributed by atoms with Crippen LogP contribution in [0.2, 0.25) is 0 Å². The monoisotopic (exact) mass is 507 g/mol. The van der Waals surface area contributed by atoms with Gasteiger partial charge < -0.3 is 16.2 Å². The first kappa shape index (κ1) is 24.7. The molecule has 3 heterocycles. The number of para-hydroxylation sites is 1. The lowest BCUT2D eigenvalue weighted by Gasteiger charge is -2.20. The highest BCUT2D eigenvalue weighted by Gasteiger charge is 2.25. The number of benzene rings is 2. The van der Waals surface area contributed by atoms with Gasteiger partial charge in [0.25, 0.3) is 11.5 Å². The second-order valence-corrected chi connectivity index (χ2v) is 9.30. The first-order valence-corrected chi connectivity index (χ1v) is 11.9. The molecule has 0 saturated carbocycles. The van der Waals surface area contributed by atoms with E-state index in [1.165, 1.54) is 9.08 Å². The number of nitrogens with one attached hydrogen (secondary N) is 1. The lowest BCUT2D eigenvalue weighted by molar-refractivity contribution is 0.0940. The normalized spacial score (nSPS) is 12.2. The summed E-state index contributed by atoms with van der Waals surface area (Å²) in [7, 11) is 0. The average molecular weight is 508 g/mol. The van der Waals surface area contributed by atoms with Gasteiger partial charge in [-0.15, -0.1) is 5.10 Å². The van der Waals surface area contributed by atoms with Gasteiger partial charge in [0, 0.05) is 18.0 Å². The van der Waals surface area contributed by atoms with Crippen molar-refractivity contribution in [3.05, 3.63) is 94.3 Å². The van der Waals surface area contributed by atoms with E-state index in [2.05, 4.69) is 27.2 Å². The van der Waals surface area contributed by atoms with Gasteiger partial charge in [-0.3, -0.25) is 14.2 Å². The Morgan fingerprint density at radius 2 is 1.89 bits per heavy atom. The molecule has 5 rings (SSSR count). The molecule has 0 unspecified atom stereocenters. The minimum atomic E-state index is -1.23. The van der Waals surface area contributed by atoms with Crippen molar-refractivity contribution in [1.82, 2.24) is 29.5 Å². The quantitative estimate of drug-likeness (QED) is 0.318. The summed E-state index contributed by atoms with van der Waals surface area (Å²) in [5.74, 6) is 5.54. The Morgan fingerprint density at radius 3 is 2.63 bits per heavy atom. The first-order valence-electron chi connectivity index (χ1n) is 11.9. The SMILES string of the molecule is C[C@H](NC(=O)c1c(N)nn2cccnc12)c1nc2cccc(C#CC(C)(C)O)c2c(=O)n1-c1ccccc1. The number of fused-ring (bicyclic) bond motifs is 2. The molecule has 0 aliphatic heterocycles. The molecule has 0 fully saturated rings. The van der Waals surface area contributed by atoms with Crippen LogP contribution in [-0.4, -0.2) is 40.8 Å². The number of carbonyl (C=O) groups is 1. The van der Waals surface area contributed by atoms with E-state index in [0.717, 1.165) is 0 Å². The summed E-state index contributed by atoms with van der Waals surface area (Å²) in [4.78, 5) is 36.3. The van der Waals surface area contributed by atoms with E-state index < -0.39 is 17.6 Å². The predicted octanol–water partition coefficient (Wildman–Crippen LogP) is 2.62. The third-order valence-corrected chi connectivity index (χ3v) is 5.83. The molecule has 0 bridgehead atoms. The third-order valence-electron chi connectivity index (χ3n) is 5.83. The molecule has 5 aromatic rings. The van der Waals surface area contributed by atoms with E-state index in [9.17, 15) is 14.7 Å². The van der Waals surface area contributed by atoms with Crippen LogP contribution in [0.25, 0.3) is 22.2 Å². The second-order valence-electron chi connectivity index (χ2n) is 9.30. The zero-order valence-electron chi connectivity index (χ0n) is 21.0. The van der Waals surface area contributed by atoms with Gasteiger partial charge in [-0.05, 0) is 51.1 Å². The molecule has 10 nitrogen and oxygen atoms in total. The summed E-state index contributed by atoms with van der Waals surface area (Å²) in [5.41, 5.74) is 6.33. The number of nitrogens with two attached hydrogens (primary N) is 1. The number of hydrogen-bond acceptors (Lipinski definition) is 7. The lowest BCUT2D eigenvalue weighted by atomic mass is 10.1. The fraction of sp³-hybridized carbons (Fsp3) is 0.179. The molecule has 1 atom stereocenters. The van der Waals surface area contributed by atoms with Crippen LogP contribution in [0.15, 0.2) is 71.8 Å². The van der Waals surface area contributed by atoms with Gasteiger partial charge >= 0.3 is 0 Å². The third kappa shape index (κ3) is 4.58. The van der Waals surface area contributed by atoms with Crippen LogP contribution in [-0.2, 0) is 0 Å². The fourth-order valence-corrected chi connectivity index (χ4v) is 4.14. The maximum atomic E-state index is 14.0. The minimum absolute atomic E-state index is 0.0374. The number of hydrogen-bond donors (Lipinski definition) is 3. The Morgan fingerprint density at radius 1 is 1.13 bits per heavy atom.